The van der Waals surface area contributed by atoms with Crippen LogP contribution < -0.4 is 5.32 Å². The maximum atomic E-state index is 11.8. The molecule has 1 heterocycles. The van der Waals surface area contributed by atoms with Gasteiger partial charge in [0.05, 0.1) is 13.1 Å². The third kappa shape index (κ3) is 7.25. The Morgan fingerprint density at radius 3 is 2.70 bits per heavy atom. The maximum Gasteiger partial charge on any atom is 0.317 e. The van der Waals surface area contributed by atoms with Gasteiger partial charge in [-0.15, -0.1) is 11.3 Å². The van der Waals surface area contributed by atoms with Crippen LogP contribution in [0.2, 0.25) is 0 Å². The largest absolute Gasteiger partial charge is 0.480 e. The average Bonchev–Trinajstić information content (AvgIpc) is 2.79. The Morgan fingerprint density at radius 2 is 2.15 bits per heavy atom. The number of carboxylic acids is 1. The van der Waals surface area contributed by atoms with Gasteiger partial charge >= 0.3 is 5.97 Å². The predicted molar refractivity (Wildman–Crippen MR) is 79.9 cm³/mol. The van der Waals surface area contributed by atoms with Crippen LogP contribution in [0.5, 0.6) is 0 Å². The summed E-state index contributed by atoms with van der Waals surface area (Å²) in [4.78, 5) is 25.5. The second kappa shape index (κ2) is 8.71. The number of carboxylic acid groups (broad SMARTS) is 1. The number of hydrogen-bond donors (Lipinski definition) is 2. The van der Waals surface area contributed by atoms with Crippen molar-refractivity contribution < 1.29 is 14.7 Å². The van der Waals surface area contributed by atoms with E-state index in [-0.39, 0.29) is 19.0 Å². The van der Waals surface area contributed by atoms with E-state index in [4.69, 9.17) is 5.11 Å². The summed E-state index contributed by atoms with van der Waals surface area (Å²) in [5.41, 5.74) is 0. The molecule has 0 radical (unpaired) electrons. The van der Waals surface area contributed by atoms with Crippen LogP contribution in [0.15, 0.2) is 17.5 Å². The zero-order valence-corrected chi connectivity index (χ0v) is 12.8. The highest BCUT2D eigenvalue weighted by Gasteiger charge is 2.14. The molecule has 1 rings (SSSR count). The van der Waals surface area contributed by atoms with E-state index in [2.05, 4.69) is 5.32 Å². The Hall–Kier alpha value is -1.40. The molecule has 1 amide bonds. The van der Waals surface area contributed by atoms with E-state index < -0.39 is 5.97 Å². The van der Waals surface area contributed by atoms with Crippen molar-refractivity contribution in [2.75, 3.05) is 26.2 Å². The molecule has 0 aromatic carbocycles. The van der Waals surface area contributed by atoms with Crippen LogP contribution in [0.3, 0.4) is 0 Å². The number of thiophene rings is 1. The molecule has 0 saturated heterocycles. The molecule has 0 saturated carbocycles. The van der Waals surface area contributed by atoms with E-state index in [1.54, 1.807) is 16.2 Å². The van der Waals surface area contributed by atoms with Crippen LogP contribution in [-0.4, -0.2) is 48.1 Å². The third-order valence-corrected chi connectivity index (χ3v) is 3.56. The standard InChI is InChI=1S/C14H22N2O3S/c1-11(2)8-16(10-14(18)19)9-13(17)15-6-5-12-4-3-7-20-12/h3-4,7,11H,5-6,8-10H2,1-2H3,(H,15,17)(H,18,19). The Labute approximate surface area is 123 Å². The Morgan fingerprint density at radius 1 is 1.40 bits per heavy atom. The molecule has 0 aliphatic rings. The number of nitrogens with one attached hydrogen (secondary N) is 1. The van der Waals surface area contributed by atoms with Gasteiger partial charge in [0.2, 0.25) is 5.91 Å². The fraction of sp³-hybridized carbons (Fsp3) is 0.571. The Balaban J connectivity index is 2.31. The summed E-state index contributed by atoms with van der Waals surface area (Å²) < 4.78 is 0. The first-order valence-electron chi connectivity index (χ1n) is 6.70. The van der Waals surface area contributed by atoms with Crippen molar-refractivity contribution in [2.24, 2.45) is 5.92 Å². The molecule has 0 bridgehead atoms. The number of aliphatic carboxylic acids is 1. The zero-order chi connectivity index (χ0) is 15.0. The van der Waals surface area contributed by atoms with Gasteiger partial charge in [-0.1, -0.05) is 19.9 Å². The lowest BCUT2D eigenvalue weighted by Gasteiger charge is -2.21. The predicted octanol–water partition coefficient (Wildman–Crippen LogP) is 1.45. The van der Waals surface area contributed by atoms with Crippen molar-refractivity contribution in [1.82, 2.24) is 10.2 Å². The number of nitrogens with zero attached hydrogens (tertiary/aromatic N) is 1. The normalized spacial score (nSPS) is 11.0. The van der Waals surface area contributed by atoms with Crippen LogP contribution in [-0.2, 0) is 16.0 Å². The molecule has 0 fully saturated rings. The van der Waals surface area contributed by atoms with E-state index in [9.17, 15) is 9.59 Å². The molecule has 6 heteroatoms. The van der Waals surface area contributed by atoms with Crippen molar-refractivity contribution >= 4 is 23.2 Å². The molecular weight excluding hydrogens is 276 g/mol. The lowest BCUT2D eigenvalue weighted by molar-refractivity contribution is -0.138. The van der Waals surface area contributed by atoms with E-state index in [1.165, 1.54) is 4.88 Å². The van der Waals surface area contributed by atoms with E-state index >= 15 is 0 Å². The second-order valence-electron chi connectivity index (χ2n) is 5.14. The SMILES string of the molecule is CC(C)CN(CC(=O)O)CC(=O)NCCc1cccs1. The van der Waals surface area contributed by atoms with Crippen molar-refractivity contribution in [3.05, 3.63) is 22.4 Å². The molecule has 1 aromatic rings. The van der Waals surface area contributed by atoms with Crippen molar-refractivity contribution in [2.45, 2.75) is 20.3 Å². The molecule has 0 unspecified atom stereocenters. The van der Waals surface area contributed by atoms with Gasteiger partial charge in [-0.2, -0.15) is 0 Å². The van der Waals surface area contributed by atoms with Crippen LogP contribution in [0.25, 0.3) is 0 Å². The molecule has 0 aliphatic heterocycles. The summed E-state index contributed by atoms with van der Waals surface area (Å²) in [6, 6.07) is 4.02. The lowest BCUT2D eigenvalue weighted by Crippen LogP contribution is -2.41. The fourth-order valence-corrected chi connectivity index (χ4v) is 2.64. The molecule has 112 valence electrons. The lowest BCUT2D eigenvalue weighted by atomic mass is 10.2. The molecule has 0 spiro atoms. The van der Waals surface area contributed by atoms with Crippen LogP contribution >= 0.6 is 11.3 Å². The summed E-state index contributed by atoms with van der Waals surface area (Å²) in [5, 5.41) is 13.7. The minimum Gasteiger partial charge on any atom is -0.480 e. The Kier molecular flexibility index (Phi) is 7.25. The molecule has 1 aromatic heterocycles. The summed E-state index contributed by atoms with van der Waals surface area (Å²) >= 11 is 1.67. The number of carbonyl (C=O) groups is 2. The first-order chi connectivity index (χ1) is 9.47. The highest BCUT2D eigenvalue weighted by Crippen LogP contribution is 2.08. The van der Waals surface area contributed by atoms with Crippen LogP contribution in [0.4, 0.5) is 0 Å². The second-order valence-corrected chi connectivity index (χ2v) is 6.17. The minimum atomic E-state index is -0.906. The summed E-state index contributed by atoms with van der Waals surface area (Å²) in [5.74, 6) is -0.700. The molecule has 0 aliphatic carbocycles. The highest BCUT2D eigenvalue weighted by atomic mass is 32.1. The van der Waals surface area contributed by atoms with Gasteiger partial charge in [-0.05, 0) is 23.8 Å². The first kappa shape index (κ1) is 16.7. The minimum absolute atomic E-state index is 0.101. The number of carbonyl (C=O) groups excluding carboxylic acids is 1. The Bertz CT molecular complexity index is 418. The van der Waals surface area contributed by atoms with Crippen molar-refractivity contribution in [3.8, 4) is 0 Å². The van der Waals surface area contributed by atoms with Gasteiger partial charge in [-0.3, -0.25) is 14.5 Å². The number of hydrogen-bond acceptors (Lipinski definition) is 4. The number of rotatable bonds is 9. The zero-order valence-electron chi connectivity index (χ0n) is 12.0. The number of amides is 1. The van der Waals surface area contributed by atoms with Gasteiger partial charge in [0.15, 0.2) is 0 Å². The molecule has 0 atom stereocenters. The summed E-state index contributed by atoms with van der Waals surface area (Å²) in [6.07, 6.45) is 0.812. The van der Waals surface area contributed by atoms with Gasteiger partial charge in [-0.25, -0.2) is 0 Å². The first-order valence-corrected chi connectivity index (χ1v) is 7.58. The molecular formula is C14H22N2O3S. The van der Waals surface area contributed by atoms with Crippen molar-refractivity contribution in [3.63, 3.8) is 0 Å². The van der Waals surface area contributed by atoms with E-state index in [1.807, 2.05) is 31.4 Å². The molecule has 2 N–H and O–H groups in total. The quantitative estimate of drug-likeness (QED) is 0.724. The fourth-order valence-electron chi connectivity index (χ4n) is 1.93. The summed E-state index contributed by atoms with van der Waals surface area (Å²) in [7, 11) is 0. The van der Waals surface area contributed by atoms with Crippen LogP contribution in [0.1, 0.15) is 18.7 Å². The average molecular weight is 298 g/mol. The smallest absolute Gasteiger partial charge is 0.317 e. The molecule has 20 heavy (non-hydrogen) atoms. The van der Waals surface area contributed by atoms with Crippen LogP contribution in [0, 0.1) is 5.92 Å². The highest BCUT2D eigenvalue weighted by molar-refractivity contribution is 7.09. The van der Waals surface area contributed by atoms with Gasteiger partial charge in [0.1, 0.15) is 0 Å². The topological polar surface area (TPSA) is 69.6 Å². The van der Waals surface area contributed by atoms with E-state index in [0.29, 0.717) is 19.0 Å². The molecule has 5 nitrogen and oxygen atoms in total. The van der Waals surface area contributed by atoms with Crippen molar-refractivity contribution in [1.29, 1.82) is 0 Å². The van der Waals surface area contributed by atoms with Gasteiger partial charge < -0.3 is 10.4 Å². The maximum absolute atomic E-state index is 11.8. The van der Waals surface area contributed by atoms with E-state index in [0.717, 1.165) is 6.42 Å². The van der Waals surface area contributed by atoms with Gasteiger partial charge in [0, 0.05) is 18.0 Å². The summed E-state index contributed by atoms with van der Waals surface area (Å²) in [6.45, 7) is 5.23. The monoisotopic (exact) mass is 298 g/mol. The van der Waals surface area contributed by atoms with Gasteiger partial charge in [0.25, 0.3) is 0 Å². The third-order valence-electron chi connectivity index (χ3n) is 2.62.